The first-order chi connectivity index (χ1) is 10.0. The van der Waals surface area contributed by atoms with E-state index in [2.05, 4.69) is 5.32 Å². The fourth-order valence-electron chi connectivity index (χ4n) is 3.10. The van der Waals surface area contributed by atoms with Crippen molar-refractivity contribution in [3.8, 4) is 5.75 Å². The van der Waals surface area contributed by atoms with Gasteiger partial charge in [-0.25, -0.2) is 0 Å². The Morgan fingerprint density at radius 2 is 2.24 bits per heavy atom. The van der Waals surface area contributed by atoms with Crippen LogP contribution in [-0.2, 0) is 9.53 Å². The molecule has 0 spiro atoms. The number of hydrogen-bond donors (Lipinski definition) is 1. The Morgan fingerprint density at radius 1 is 1.43 bits per heavy atom. The van der Waals surface area contributed by atoms with E-state index in [4.69, 9.17) is 21.1 Å². The lowest BCUT2D eigenvalue weighted by Gasteiger charge is -2.20. The molecule has 3 atom stereocenters. The number of halogens is 1. The molecule has 2 saturated heterocycles. The summed E-state index contributed by atoms with van der Waals surface area (Å²) in [5.74, 6) is 0.472. The molecule has 2 fully saturated rings. The summed E-state index contributed by atoms with van der Waals surface area (Å²) in [7, 11) is 0. The zero-order chi connectivity index (χ0) is 15.0. The van der Waals surface area contributed by atoms with E-state index in [0.717, 1.165) is 19.3 Å². The fraction of sp³-hybridized carbons (Fsp3) is 0.562. The number of anilines is 1. The lowest BCUT2D eigenvalue weighted by molar-refractivity contribution is -0.121. The highest BCUT2D eigenvalue weighted by Crippen LogP contribution is 2.40. The van der Waals surface area contributed by atoms with Crippen LogP contribution >= 0.6 is 11.6 Å². The SMILES string of the molecule is CC(C)Oc1c(Cl)cccc1NC(=O)[C@@H]1C[C@H]2CC[C@@H]1O2. The molecule has 2 bridgehead atoms. The zero-order valence-electron chi connectivity index (χ0n) is 12.3. The van der Waals surface area contributed by atoms with Crippen molar-refractivity contribution in [3.05, 3.63) is 23.2 Å². The van der Waals surface area contributed by atoms with Gasteiger partial charge in [-0.15, -0.1) is 0 Å². The molecule has 2 aliphatic rings. The number of fused-ring (bicyclic) bond motifs is 2. The van der Waals surface area contributed by atoms with Crippen molar-refractivity contribution in [2.45, 2.75) is 51.4 Å². The van der Waals surface area contributed by atoms with Crippen LogP contribution in [0.1, 0.15) is 33.1 Å². The molecule has 1 aromatic rings. The average Bonchev–Trinajstić information content (AvgIpc) is 3.04. The molecule has 1 amide bonds. The number of rotatable bonds is 4. The maximum atomic E-state index is 12.5. The minimum absolute atomic E-state index is 0.00178. The van der Waals surface area contributed by atoms with Crippen molar-refractivity contribution in [1.82, 2.24) is 0 Å². The average molecular weight is 310 g/mol. The normalized spacial score (nSPS) is 27.1. The molecule has 2 aliphatic heterocycles. The summed E-state index contributed by atoms with van der Waals surface area (Å²) in [5.41, 5.74) is 0.629. The quantitative estimate of drug-likeness (QED) is 0.924. The van der Waals surface area contributed by atoms with Crippen molar-refractivity contribution in [3.63, 3.8) is 0 Å². The highest BCUT2D eigenvalue weighted by atomic mass is 35.5. The maximum absolute atomic E-state index is 12.5. The van der Waals surface area contributed by atoms with Crippen molar-refractivity contribution in [2.24, 2.45) is 5.92 Å². The molecule has 0 saturated carbocycles. The molecule has 2 heterocycles. The Labute approximate surface area is 129 Å². The lowest BCUT2D eigenvalue weighted by Crippen LogP contribution is -2.30. The summed E-state index contributed by atoms with van der Waals surface area (Å²) in [6, 6.07) is 5.38. The summed E-state index contributed by atoms with van der Waals surface area (Å²) in [4.78, 5) is 12.5. The van der Waals surface area contributed by atoms with Gasteiger partial charge in [0.25, 0.3) is 0 Å². The van der Waals surface area contributed by atoms with Gasteiger partial charge in [0.2, 0.25) is 5.91 Å². The maximum Gasteiger partial charge on any atom is 0.230 e. The molecule has 4 nitrogen and oxygen atoms in total. The van der Waals surface area contributed by atoms with E-state index in [1.54, 1.807) is 6.07 Å². The van der Waals surface area contributed by atoms with Crippen molar-refractivity contribution >= 4 is 23.2 Å². The molecule has 1 N–H and O–H groups in total. The molecular formula is C16H20ClNO3. The van der Waals surface area contributed by atoms with Crippen molar-refractivity contribution in [2.75, 3.05) is 5.32 Å². The monoisotopic (exact) mass is 309 g/mol. The Morgan fingerprint density at radius 3 is 2.86 bits per heavy atom. The number of carbonyl (C=O) groups is 1. The van der Waals surface area contributed by atoms with E-state index in [0.29, 0.717) is 16.5 Å². The summed E-state index contributed by atoms with van der Waals surface area (Å²) < 4.78 is 11.5. The van der Waals surface area contributed by atoms with Crippen LogP contribution in [0.15, 0.2) is 18.2 Å². The molecule has 114 valence electrons. The molecule has 0 unspecified atom stereocenters. The summed E-state index contributed by atoms with van der Waals surface area (Å²) in [6.45, 7) is 3.86. The first-order valence-electron chi connectivity index (χ1n) is 7.46. The zero-order valence-corrected chi connectivity index (χ0v) is 13.0. The largest absolute Gasteiger partial charge is 0.487 e. The van der Waals surface area contributed by atoms with Crippen molar-refractivity contribution < 1.29 is 14.3 Å². The van der Waals surface area contributed by atoms with Crippen molar-refractivity contribution in [1.29, 1.82) is 0 Å². The lowest BCUT2D eigenvalue weighted by atomic mass is 9.88. The van der Waals surface area contributed by atoms with E-state index in [-0.39, 0.29) is 30.1 Å². The van der Waals surface area contributed by atoms with Gasteiger partial charge in [-0.1, -0.05) is 17.7 Å². The van der Waals surface area contributed by atoms with Crippen LogP contribution in [0.2, 0.25) is 5.02 Å². The van der Waals surface area contributed by atoms with Gasteiger partial charge >= 0.3 is 0 Å². The number of hydrogen-bond acceptors (Lipinski definition) is 3. The molecule has 21 heavy (non-hydrogen) atoms. The second kappa shape index (κ2) is 5.85. The van der Waals surface area contributed by atoms with E-state index in [1.165, 1.54) is 0 Å². The van der Waals surface area contributed by atoms with Gasteiger partial charge < -0.3 is 14.8 Å². The van der Waals surface area contributed by atoms with Crippen LogP contribution < -0.4 is 10.1 Å². The van der Waals surface area contributed by atoms with Gasteiger partial charge in [-0.2, -0.15) is 0 Å². The van der Waals surface area contributed by atoms with E-state index in [9.17, 15) is 4.79 Å². The second-order valence-electron chi connectivity index (χ2n) is 5.99. The molecular weight excluding hydrogens is 290 g/mol. The molecule has 0 radical (unpaired) electrons. The number of amides is 1. The molecule has 5 heteroatoms. The molecule has 1 aromatic carbocycles. The molecule has 0 aliphatic carbocycles. The highest BCUT2D eigenvalue weighted by Gasteiger charge is 2.44. The standard InChI is InChI=1S/C16H20ClNO3/c1-9(2)20-15-12(17)4-3-5-13(15)18-16(19)11-8-10-6-7-14(11)21-10/h3-5,9-11,14H,6-8H2,1-2H3,(H,18,19)/t10-,11-,14+/m1/s1. The fourth-order valence-corrected chi connectivity index (χ4v) is 3.32. The minimum atomic E-state index is -0.0605. The predicted octanol–water partition coefficient (Wildman–Crippen LogP) is 3.63. The van der Waals surface area contributed by atoms with E-state index < -0.39 is 0 Å². The number of carbonyl (C=O) groups excluding carboxylic acids is 1. The molecule has 0 aromatic heterocycles. The highest BCUT2D eigenvalue weighted by molar-refractivity contribution is 6.32. The smallest absolute Gasteiger partial charge is 0.230 e. The summed E-state index contributed by atoms with van der Waals surface area (Å²) in [5, 5.41) is 3.46. The summed E-state index contributed by atoms with van der Waals surface area (Å²) in [6.07, 6.45) is 3.20. The number of ether oxygens (including phenoxy) is 2. The van der Waals surface area contributed by atoms with Gasteiger partial charge in [-0.3, -0.25) is 4.79 Å². The van der Waals surface area contributed by atoms with Gasteiger partial charge in [0.1, 0.15) is 0 Å². The van der Waals surface area contributed by atoms with Crippen LogP contribution in [0.5, 0.6) is 5.75 Å². The Balaban J connectivity index is 1.75. The van der Waals surface area contributed by atoms with Gasteiger partial charge in [-0.05, 0) is 45.2 Å². The van der Waals surface area contributed by atoms with Gasteiger partial charge in [0.05, 0.1) is 34.9 Å². The predicted molar refractivity (Wildman–Crippen MR) is 81.8 cm³/mol. The first-order valence-corrected chi connectivity index (χ1v) is 7.84. The van der Waals surface area contributed by atoms with Crippen LogP contribution in [-0.4, -0.2) is 24.2 Å². The number of para-hydroxylation sites is 1. The van der Waals surface area contributed by atoms with E-state index in [1.807, 2.05) is 26.0 Å². The van der Waals surface area contributed by atoms with Crippen LogP contribution in [0.4, 0.5) is 5.69 Å². The third-order valence-corrected chi connectivity index (χ3v) is 4.32. The molecule has 3 rings (SSSR count). The topological polar surface area (TPSA) is 47.6 Å². The van der Waals surface area contributed by atoms with Crippen LogP contribution in [0, 0.1) is 5.92 Å². The second-order valence-corrected chi connectivity index (χ2v) is 6.40. The van der Waals surface area contributed by atoms with Gasteiger partial charge in [0.15, 0.2) is 5.75 Å². The van der Waals surface area contributed by atoms with E-state index >= 15 is 0 Å². The Bertz CT molecular complexity index is 546. The van der Waals surface area contributed by atoms with Gasteiger partial charge in [0, 0.05) is 0 Å². The third-order valence-electron chi connectivity index (χ3n) is 4.02. The Hall–Kier alpha value is -1.26. The minimum Gasteiger partial charge on any atom is -0.487 e. The first kappa shape index (κ1) is 14.7. The Kier molecular flexibility index (Phi) is 4.09. The summed E-state index contributed by atoms with van der Waals surface area (Å²) >= 11 is 6.18. The number of nitrogens with one attached hydrogen (secondary N) is 1. The third kappa shape index (κ3) is 3.01. The number of benzene rings is 1. The van der Waals surface area contributed by atoms with Crippen LogP contribution in [0.25, 0.3) is 0 Å². The van der Waals surface area contributed by atoms with Crippen LogP contribution in [0.3, 0.4) is 0 Å².